The number of methoxy groups -OCH3 is 1. The minimum absolute atomic E-state index is 0.00685. The van der Waals surface area contributed by atoms with E-state index in [9.17, 15) is 9.59 Å². The first-order valence-corrected chi connectivity index (χ1v) is 9.83. The molecule has 2 amide bonds. The van der Waals surface area contributed by atoms with Crippen LogP contribution in [0.4, 0.5) is 0 Å². The van der Waals surface area contributed by atoms with E-state index in [0.717, 1.165) is 12.0 Å². The summed E-state index contributed by atoms with van der Waals surface area (Å²) in [7, 11) is 1.52. The molecular formula is C23H28N2O3. The number of piperidine rings is 1. The van der Waals surface area contributed by atoms with Crippen LogP contribution in [0.3, 0.4) is 0 Å². The zero-order chi connectivity index (χ0) is 19.8. The molecule has 5 heteroatoms. The molecule has 1 fully saturated rings. The van der Waals surface area contributed by atoms with Crippen LogP contribution in [0.2, 0.25) is 0 Å². The molecule has 3 rings (SSSR count). The highest BCUT2D eigenvalue weighted by Crippen LogP contribution is 2.22. The van der Waals surface area contributed by atoms with Crippen LogP contribution < -0.4 is 5.32 Å². The lowest BCUT2D eigenvalue weighted by Crippen LogP contribution is -2.44. The van der Waals surface area contributed by atoms with Crippen molar-refractivity contribution in [3.05, 3.63) is 71.8 Å². The van der Waals surface area contributed by atoms with Gasteiger partial charge in [0.2, 0.25) is 11.8 Å². The van der Waals surface area contributed by atoms with Gasteiger partial charge in [-0.1, -0.05) is 60.7 Å². The van der Waals surface area contributed by atoms with Crippen molar-refractivity contribution >= 4 is 11.8 Å². The molecule has 2 aromatic rings. The quantitative estimate of drug-likeness (QED) is 0.803. The smallest absolute Gasteiger partial charge is 0.248 e. The van der Waals surface area contributed by atoms with Crippen LogP contribution in [0.5, 0.6) is 0 Å². The number of carbonyl (C=O) groups is 2. The fourth-order valence-corrected chi connectivity index (χ4v) is 3.68. The summed E-state index contributed by atoms with van der Waals surface area (Å²) in [6.07, 6.45) is 2.13. The van der Waals surface area contributed by atoms with E-state index >= 15 is 0 Å². The van der Waals surface area contributed by atoms with E-state index in [2.05, 4.69) is 29.6 Å². The van der Waals surface area contributed by atoms with Gasteiger partial charge in [-0.05, 0) is 30.4 Å². The Hall–Kier alpha value is -2.66. The van der Waals surface area contributed by atoms with Crippen molar-refractivity contribution in [3.63, 3.8) is 0 Å². The fourth-order valence-electron chi connectivity index (χ4n) is 3.68. The summed E-state index contributed by atoms with van der Waals surface area (Å²) in [6.45, 7) is 1.31. The van der Waals surface area contributed by atoms with Crippen LogP contribution in [0, 0.1) is 5.92 Å². The Morgan fingerprint density at radius 3 is 2.25 bits per heavy atom. The molecule has 0 saturated carbocycles. The summed E-state index contributed by atoms with van der Waals surface area (Å²) in [5.74, 6) is 0.00445. The van der Waals surface area contributed by atoms with Crippen molar-refractivity contribution in [3.8, 4) is 0 Å². The van der Waals surface area contributed by atoms with Crippen LogP contribution in [0.15, 0.2) is 60.7 Å². The fraction of sp³-hybridized carbons (Fsp3) is 0.391. The normalized spacial score (nSPS) is 15.8. The molecule has 0 spiro atoms. The third-order valence-electron chi connectivity index (χ3n) is 5.29. The highest BCUT2D eigenvalue weighted by molar-refractivity contribution is 5.80. The average molecular weight is 380 g/mol. The predicted molar refractivity (Wildman–Crippen MR) is 109 cm³/mol. The number of ether oxygens (including phenoxy) is 1. The Balaban J connectivity index is 1.62. The van der Waals surface area contributed by atoms with Crippen LogP contribution in [-0.4, -0.2) is 43.5 Å². The van der Waals surface area contributed by atoms with E-state index in [1.165, 1.54) is 12.7 Å². The molecule has 0 unspecified atom stereocenters. The van der Waals surface area contributed by atoms with E-state index < -0.39 is 0 Å². The van der Waals surface area contributed by atoms with Gasteiger partial charge in [0.25, 0.3) is 0 Å². The minimum atomic E-state index is -0.0655. The number of carbonyl (C=O) groups excluding carboxylic acids is 2. The molecule has 1 atom stereocenters. The van der Waals surface area contributed by atoms with Gasteiger partial charge in [-0.3, -0.25) is 9.59 Å². The molecule has 1 N–H and O–H groups in total. The van der Waals surface area contributed by atoms with Crippen LogP contribution in [-0.2, 0) is 20.7 Å². The van der Waals surface area contributed by atoms with Crippen LogP contribution >= 0.6 is 0 Å². The zero-order valence-corrected chi connectivity index (χ0v) is 16.3. The molecule has 0 aliphatic carbocycles. The monoisotopic (exact) mass is 380 g/mol. The molecule has 5 nitrogen and oxygen atoms in total. The van der Waals surface area contributed by atoms with Crippen molar-refractivity contribution in [2.75, 3.05) is 26.8 Å². The first-order valence-electron chi connectivity index (χ1n) is 9.83. The van der Waals surface area contributed by atoms with E-state index in [1.807, 2.05) is 36.4 Å². The molecule has 148 valence electrons. The van der Waals surface area contributed by atoms with Gasteiger partial charge in [0.15, 0.2) is 0 Å². The molecule has 1 saturated heterocycles. The van der Waals surface area contributed by atoms with Gasteiger partial charge in [0.05, 0.1) is 6.04 Å². The molecular weight excluding hydrogens is 352 g/mol. The minimum Gasteiger partial charge on any atom is -0.375 e. The number of nitrogens with zero attached hydrogens (tertiary/aromatic N) is 1. The number of benzene rings is 2. The van der Waals surface area contributed by atoms with Crippen molar-refractivity contribution in [1.29, 1.82) is 0 Å². The summed E-state index contributed by atoms with van der Waals surface area (Å²) in [5, 5.41) is 3.25. The summed E-state index contributed by atoms with van der Waals surface area (Å²) in [5.41, 5.74) is 2.30. The van der Waals surface area contributed by atoms with E-state index in [-0.39, 0.29) is 30.4 Å². The molecule has 28 heavy (non-hydrogen) atoms. The third-order valence-corrected chi connectivity index (χ3v) is 5.29. The molecule has 0 aromatic heterocycles. The second-order valence-electron chi connectivity index (χ2n) is 7.25. The number of nitrogens with one attached hydrogen (secondary N) is 1. The molecule has 1 aliphatic rings. The second kappa shape index (κ2) is 10.0. The Morgan fingerprint density at radius 2 is 1.64 bits per heavy atom. The second-order valence-corrected chi connectivity index (χ2v) is 7.25. The maximum Gasteiger partial charge on any atom is 0.248 e. The maximum absolute atomic E-state index is 12.9. The van der Waals surface area contributed by atoms with Gasteiger partial charge < -0.3 is 15.0 Å². The largest absolute Gasteiger partial charge is 0.375 e. The van der Waals surface area contributed by atoms with Gasteiger partial charge in [-0.25, -0.2) is 0 Å². The van der Waals surface area contributed by atoms with Crippen molar-refractivity contribution in [2.45, 2.75) is 25.3 Å². The Labute approximate surface area is 166 Å². The summed E-state index contributed by atoms with van der Waals surface area (Å²) in [6, 6.07) is 20.2. The Morgan fingerprint density at radius 1 is 1.04 bits per heavy atom. The lowest BCUT2D eigenvalue weighted by atomic mass is 9.93. The van der Waals surface area contributed by atoms with Crippen LogP contribution in [0.25, 0.3) is 0 Å². The average Bonchev–Trinajstić information content (AvgIpc) is 2.75. The summed E-state index contributed by atoms with van der Waals surface area (Å²) in [4.78, 5) is 26.7. The van der Waals surface area contributed by atoms with E-state index in [4.69, 9.17) is 4.74 Å². The van der Waals surface area contributed by atoms with Crippen molar-refractivity contribution < 1.29 is 14.3 Å². The number of likely N-dealkylation sites (tertiary alicyclic amines) is 1. The van der Waals surface area contributed by atoms with E-state index in [1.54, 1.807) is 4.90 Å². The van der Waals surface area contributed by atoms with Gasteiger partial charge in [-0.15, -0.1) is 0 Å². The molecule has 1 aliphatic heterocycles. The highest BCUT2D eigenvalue weighted by Gasteiger charge is 2.28. The Kier molecular flexibility index (Phi) is 7.20. The summed E-state index contributed by atoms with van der Waals surface area (Å²) < 4.78 is 4.92. The number of hydrogen-bond donors (Lipinski definition) is 1. The van der Waals surface area contributed by atoms with Gasteiger partial charge in [0, 0.05) is 26.1 Å². The van der Waals surface area contributed by atoms with E-state index in [0.29, 0.717) is 25.9 Å². The van der Waals surface area contributed by atoms with Gasteiger partial charge in [0.1, 0.15) is 6.61 Å². The lowest BCUT2D eigenvalue weighted by molar-refractivity contribution is -0.138. The molecule has 0 radical (unpaired) electrons. The molecule has 0 bridgehead atoms. The first-order chi connectivity index (χ1) is 13.7. The number of hydrogen-bond acceptors (Lipinski definition) is 3. The molecule has 2 aromatic carbocycles. The number of amides is 2. The zero-order valence-electron chi connectivity index (χ0n) is 16.3. The number of rotatable bonds is 7. The Bertz CT molecular complexity index is 756. The third kappa shape index (κ3) is 5.42. The highest BCUT2D eigenvalue weighted by atomic mass is 16.5. The summed E-state index contributed by atoms with van der Waals surface area (Å²) >= 11 is 0. The topological polar surface area (TPSA) is 58.6 Å². The van der Waals surface area contributed by atoms with Crippen molar-refractivity contribution in [1.82, 2.24) is 10.2 Å². The molecule has 1 heterocycles. The maximum atomic E-state index is 12.9. The predicted octanol–water partition coefficient (Wildman–Crippen LogP) is 2.97. The first kappa shape index (κ1) is 20.1. The SMILES string of the molecule is COCC(=O)N1CCC(C(=O)N[C@H](Cc2ccccc2)c2ccccc2)CC1. The van der Waals surface area contributed by atoms with Gasteiger partial charge in [-0.2, -0.15) is 0 Å². The van der Waals surface area contributed by atoms with Gasteiger partial charge >= 0.3 is 0 Å². The lowest BCUT2D eigenvalue weighted by Gasteiger charge is -2.32. The standard InChI is InChI=1S/C23H28N2O3/c1-28-17-22(26)25-14-12-20(13-15-25)23(27)24-21(19-10-6-3-7-11-19)16-18-8-4-2-5-9-18/h2-11,20-21H,12-17H2,1H3,(H,24,27)/t21-/m1/s1. The van der Waals surface area contributed by atoms with Crippen LogP contribution in [0.1, 0.15) is 30.0 Å². The van der Waals surface area contributed by atoms with Crippen molar-refractivity contribution in [2.24, 2.45) is 5.92 Å².